The van der Waals surface area contributed by atoms with Gasteiger partial charge in [-0.15, -0.1) is 0 Å². The molecule has 0 amide bonds. The normalized spacial score (nSPS) is 12.6. The summed E-state index contributed by atoms with van der Waals surface area (Å²) in [6, 6.07) is 15.4. The van der Waals surface area contributed by atoms with E-state index in [1.54, 1.807) is 0 Å². The van der Waals surface area contributed by atoms with E-state index in [1.807, 2.05) is 0 Å². The van der Waals surface area contributed by atoms with Crippen LogP contribution in [0.15, 0.2) is 48.0 Å². The number of rotatable bonds is 3. The third kappa shape index (κ3) is 3.04. The van der Waals surface area contributed by atoms with Crippen LogP contribution in [0, 0.1) is 13.3 Å². The fourth-order valence-corrected chi connectivity index (χ4v) is 2.71. The van der Waals surface area contributed by atoms with E-state index < -0.39 is 0 Å². The van der Waals surface area contributed by atoms with Crippen LogP contribution in [0.4, 0.5) is 0 Å². The quantitative estimate of drug-likeness (QED) is 0.702. The molecule has 0 bridgehead atoms. The van der Waals surface area contributed by atoms with Crippen molar-refractivity contribution in [1.29, 1.82) is 0 Å². The summed E-state index contributed by atoms with van der Waals surface area (Å²) in [5, 5.41) is 0. The minimum Gasteiger partial charge on any atom is -0.0651 e. The predicted octanol–water partition coefficient (Wildman–Crippen LogP) is 5.41. The van der Waals surface area contributed by atoms with Gasteiger partial charge in [0, 0.05) is 32.6 Å². The van der Waals surface area contributed by atoms with Gasteiger partial charge in [-0.1, -0.05) is 73.0 Å². The molecule has 0 atom stereocenters. The number of allylic oxidation sites excluding steroid dienone is 1. The molecule has 0 spiro atoms. The predicted molar refractivity (Wildman–Crippen MR) is 82.9 cm³/mol. The smallest absolute Gasteiger partial charge is 0.0164 e. The first kappa shape index (κ1) is 15.5. The average molecular weight is 339 g/mol. The molecule has 3 rings (SSSR count). The Morgan fingerprint density at radius 2 is 1.70 bits per heavy atom. The summed E-state index contributed by atoms with van der Waals surface area (Å²) in [5.74, 6) is 0. The van der Waals surface area contributed by atoms with Crippen LogP contribution in [-0.4, -0.2) is 0 Å². The Morgan fingerprint density at radius 3 is 2.40 bits per heavy atom. The molecule has 1 heteroatoms. The SMILES string of the molecule is CCCC1=Cc2c(cccc2-c2ccc(C)cc2)[CH]1.[Zr]. The molecule has 2 aromatic rings. The molecular weight excluding hydrogens is 319 g/mol. The van der Waals surface area contributed by atoms with Crippen molar-refractivity contribution < 1.29 is 26.2 Å². The summed E-state index contributed by atoms with van der Waals surface area (Å²) in [5.41, 5.74) is 8.17. The Kier molecular flexibility index (Phi) is 5.16. The largest absolute Gasteiger partial charge is 0.0651 e. The van der Waals surface area contributed by atoms with Gasteiger partial charge in [0.1, 0.15) is 0 Å². The Morgan fingerprint density at radius 1 is 0.950 bits per heavy atom. The fourth-order valence-electron chi connectivity index (χ4n) is 2.71. The van der Waals surface area contributed by atoms with Gasteiger partial charge in [-0.2, -0.15) is 0 Å². The first-order valence-corrected chi connectivity index (χ1v) is 7.03. The zero-order valence-electron chi connectivity index (χ0n) is 12.1. The van der Waals surface area contributed by atoms with Gasteiger partial charge in [-0.3, -0.25) is 0 Å². The number of hydrogen-bond acceptors (Lipinski definition) is 0. The second-order valence-electron chi connectivity index (χ2n) is 5.29. The van der Waals surface area contributed by atoms with Crippen molar-refractivity contribution in [2.24, 2.45) is 0 Å². The number of fused-ring (bicyclic) bond motifs is 1. The summed E-state index contributed by atoms with van der Waals surface area (Å²) in [4.78, 5) is 0. The molecule has 99 valence electrons. The number of hydrogen-bond donors (Lipinski definition) is 0. The van der Waals surface area contributed by atoms with Crippen molar-refractivity contribution in [2.45, 2.75) is 26.7 Å². The summed E-state index contributed by atoms with van der Waals surface area (Å²) in [6.07, 6.45) is 7.06. The van der Waals surface area contributed by atoms with Crippen LogP contribution in [0.5, 0.6) is 0 Å². The molecule has 0 nitrogen and oxygen atoms in total. The third-order valence-corrected chi connectivity index (χ3v) is 3.71. The second kappa shape index (κ2) is 6.68. The Bertz CT molecular complexity index is 621. The Balaban J connectivity index is 0.00000147. The fraction of sp³-hybridized carbons (Fsp3) is 0.211. The van der Waals surface area contributed by atoms with E-state index >= 15 is 0 Å². The van der Waals surface area contributed by atoms with Gasteiger partial charge >= 0.3 is 0 Å². The van der Waals surface area contributed by atoms with E-state index in [0.717, 1.165) is 0 Å². The molecule has 1 aliphatic rings. The van der Waals surface area contributed by atoms with Crippen LogP contribution < -0.4 is 0 Å². The second-order valence-corrected chi connectivity index (χ2v) is 5.29. The standard InChI is InChI=1S/C19H19.Zr/c1-3-5-15-12-17-6-4-7-18(19(17)13-15)16-10-8-14(2)9-11-16;/h4,6-13H,3,5H2,1-2H3;. The molecular formula is C19H19Zr. The van der Waals surface area contributed by atoms with E-state index in [-0.39, 0.29) is 26.2 Å². The molecule has 0 N–H and O–H groups in total. The van der Waals surface area contributed by atoms with Gasteiger partial charge < -0.3 is 0 Å². The van der Waals surface area contributed by atoms with Crippen LogP contribution >= 0.6 is 0 Å². The maximum Gasteiger partial charge on any atom is 0.0164 e. The first-order chi connectivity index (χ1) is 9.28. The van der Waals surface area contributed by atoms with Gasteiger partial charge in [-0.05, 0) is 35.6 Å². The summed E-state index contributed by atoms with van der Waals surface area (Å²) >= 11 is 0. The number of benzene rings is 2. The molecule has 0 aromatic heterocycles. The number of aryl methyl sites for hydroxylation is 1. The van der Waals surface area contributed by atoms with Crippen molar-refractivity contribution in [3.8, 4) is 11.1 Å². The van der Waals surface area contributed by atoms with Crippen molar-refractivity contribution in [3.05, 3.63) is 71.1 Å². The van der Waals surface area contributed by atoms with Crippen LogP contribution in [-0.2, 0) is 26.2 Å². The van der Waals surface area contributed by atoms with Crippen LogP contribution in [0.25, 0.3) is 17.2 Å². The van der Waals surface area contributed by atoms with E-state index in [4.69, 9.17) is 0 Å². The molecule has 0 saturated carbocycles. The average Bonchev–Trinajstić information content (AvgIpc) is 2.82. The maximum absolute atomic E-state index is 2.36. The monoisotopic (exact) mass is 337 g/mol. The zero-order valence-corrected chi connectivity index (χ0v) is 14.6. The van der Waals surface area contributed by atoms with Crippen molar-refractivity contribution >= 4 is 6.08 Å². The van der Waals surface area contributed by atoms with E-state index in [0.29, 0.717) is 0 Å². The van der Waals surface area contributed by atoms with E-state index in [9.17, 15) is 0 Å². The molecule has 0 aliphatic heterocycles. The first-order valence-electron chi connectivity index (χ1n) is 7.03. The maximum atomic E-state index is 2.36. The molecule has 1 radical (unpaired) electrons. The van der Waals surface area contributed by atoms with Gasteiger partial charge in [-0.25, -0.2) is 0 Å². The molecule has 0 saturated heterocycles. The topological polar surface area (TPSA) is 0 Å². The van der Waals surface area contributed by atoms with Crippen molar-refractivity contribution in [3.63, 3.8) is 0 Å². The summed E-state index contributed by atoms with van der Waals surface area (Å²) in [6.45, 7) is 4.37. The minimum atomic E-state index is 0. The van der Waals surface area contributed by atoms with Crippen LogP contribution in [0.1, 0.15) is 36.5 Å². The Labute approximate surface area is 141 Å². The van der Waals surface area contributed by atoms with Gasteiger partial charge in [0.25, 0.3) is 0 Å². The third-order valence-electron chi connectivity index (χ3n) is 3.71. The van der Waals surface area contributed by atoms with Crippen LogP contribution in [0.2, 0.25) is 0 Å². The molecule has 20 heavy (non-hydrogen) atoms. The summed E-state index contributed by atoms with van der Waals surface area (Å²) < 4.78 is 0. The zero-order chi connectivity index (χ0) is 13.2. The van der Waals surface area contributed by atoms with Crippen molar-refractivity contribution in [2.75, 3.05) is 0 Å². The molecule has 1 aliphatic carbocycles. The molecule has 0 heterocycles. The van der Waals surface area contributed by atoms with E-state index in [1.165, 1.54) is 46.2 Å². The molecule has 0 fully saturated rings. The van der Waals surface area contributed by atoms with Gasteiger partial charge in [0.2, 0.25) is 0 Å². The van der Waals surface area contributed by atoms with Crippen LogP contribution in [0.3, 0.4) is 0 Å². The van der Waals surface area contributed by atoms with Gasteiger partial charge in [0.15, 0.2) is 0 Å². The van der Waals surface area contributed by atoms with E-state index in [2.05, 4.69) is 68.8 Å². The molecule has 0 unspecified atom stereocenters. The summed E-state index contributed by atoms with van der Waals surface area (Å²) in [7, 11) is 0. The minimum absolute atomic E-state index is 0. The molecule has 2 aromatic carbocycles. The van der Waals surface area contributed by atoms with Gasteiger partial charge in [0.05, 0.1) is 0 Å². The Hall–Kier alpha value is -0.937. The van der Waals surface area contributed by atoms with Crippen molar-refractivity contribution in [1.82, 2.24) is 0 Å².